The van der Waals surface area contributed by atoms with Crippen molar-refractivity contribution < 1.29 is 39.0 Å². The predicted molar refractivity (Wildman–Crippen MR) is 122 cm³/mol. The first-order valence-corrected chi connectivity index (χ1v) is 13.9. The predicted octanol–water partition coefficient (Wildman–Crippen LogP) is 4.03. The summed E-state index contributed by atoms with van der Waals surface area (Å²) in [6, 6.07) is 7.51. The van der Waals surface area contributed by atoms with Gasteiger partial charge in [0.1, 0.15) is 10.5 Å². The summed E-state index contributed by atoms with van der Waals surface area (Å²) in [5.74, 6) is -1.67. The molecule has 13 heteroatoms. The van der Waals surface area contributed by atoms with Gasteiger partial charge in [-0.05, 0) is 50.1 Å². The highest BCUT2D eigenvalue weighted by Gasteiger charge is 2.39. The van der Waals surface area contributed by atoms with Crippen molar-refractivity contribution in [2.24, 2.45) is 7.05 Å². The molecule has 0 amide bonds. The molecule has 1 aliphatic carbocycles. The molecule has 3 aromatic rings. The van der Waals surface area contributed by atoms with Crippen molar-refractivity contribution in [1.82, 2.24) is 9.78 Å². The number of ketones is 1. The Morgan fingerprint density at radius 1 is 1.06 bits per heavy atom. The Balaban J connectivity index is 1.88. The van der Waals surface area contributed by atoms with Crippen LogP contribution in [0.4, 0.5) is 13.2 Å². The number of aromatic nitrogens is 2. The van der Waals surface area contributed by atoms with Crippen LogP contribution in [0.5, 0.6) is 5.88 Å². The summed E-state index contributed by atoms with van der Waals surface area (Å²) in [7, 11) is -7.36. The van der Waals surface area contributed by atoms with E-state index in [0.29, 0.717) is 31.2 Å². The Hall–Kier alpha value is -3.19. The molecule has 0 bridgehead atoms. The van der Waals surface area contributed by atoms with Gasteiger partial charge in [0.25, 0.3) is 0 Å². The van der Waals surface area contributed by atoms with E-state index < -0.39 is 53.8 Å². The van der Waals surface area contributed by atoms with Gasteiger partial charge in [-0.1, -0.05) is 17.7 Å². The second-order valence-corrected chi connectivity index (χ2v) is 12.2. The zero-order valence-corrected chi connectivity index (χ0v) is 21.0. The number of benzene rings is 2. The molecule has 0 atom stereocenters. The minimum atomic E-state index is -4.84. The Bertz CT molecular complexity index is 1570. The molecule has 1 heterocycles. The third-order valence-electron chi connectivity index (χ3n) is 5.66. The largest absolute Gasteiger partial charge is 0.416 e. The van der Waals surface area contributed by atoms with Gasteiger partial charge in [0.15, 0.2) is 9.84 Å². The van der Waals surface area contributed by atoms with Gasteiger partial charge in [0, 0.05) is 24.8 Å². The lowest BCUT2D eigenvalue weighted by Gasteiger charge is -2.13. The first-order chi connectivity index (χ1) is 16.6. The van der Waals surface area contributed by atoms with E-state index in [1.807, 2.05) is 0 Å². The molecule has 192 valence electrons. The quantitative estimate of drug-likeness (QED) is 0.327. The molecule has 0 radical (unpaired) electrons. The zero-order chi connectivity index (χ0) is 26.6. The fourth-order valence-corrected chi connectivity index (χ4v) is 5.53. The highest BCUT2D eigenvalue weighted by atomic mass is 32.2. The summed E-state index contributed by atoms with van der Waals surface area (Å²) >= 11 is 0. The first kappa shape index (κ1) is 25.9. The number of sulfone groups is 1. The SMILES string of the molecule is Cc1ccc(S(=O)(=O)Oc2c(C(=O)c3ccc(C(F)(F)F)cc3S(C)(=O)=O)c(C3CC3)nn2C)cc1. The van der Waals surface area contributed by atoms with E-state index in [9.17, 15) is 34.8 Å². The Morgan fingerprint density at radius 3 is 2.19 bits per heavy atom. The summed E-state index contributed by atoms with van der Waals surface area (Å²) in [6.07, 6.45) is -2.87. The molecule has 1 aromatic heterocycles. The standard InChI is InChI=1S/C23H21F3N2O6S2/c1-13-4-9-16(10-5-13)36(32,33)34-22-19(20(14-6-7-14)27-28(22)2)21(29)17-11-8-15(23(24,25)26)12-18(17)35(3,30)31/h4-5,8-12,14H,6-7H2,1-3H3. The maximum Gasteiger partial charge on any atom is 0.416 e. The number of rotatable bonds is 7. The van der Waals surface area contributed by atoms with Gasteiger partial charge in [-0.25, -0.2) is 13.1 Å². The van der Waals surface area contributed by atoms with Gasteiger partial charge < -0.3 is 4.18 Å². The molecule has 0 N–H and O–H groups in total. The zero-order valence-electron chi connectivity index (χ0n) is 19.3. The second-order valence-electron chi connectivity index (χ2n) is 8.62. The van der Waals surface area contributed by atoms with Gasteiger partial charge in [-0.15, -0.1) is 0 Å². The number of aryl methyl sites for hydroxylation is 2. The minimum Gasteiger partial charge on any atom is -0.358 e. The van der Waals surface area contributed by atoms with E-state index in [1.54, 1.807) is 19.1 Å². The minimum absolute atomic E-state index is 0.188. The van der Waals surface area contributed by atoms with Crippen molar-refractivity contribution in [1.29, 1.82) is 0 Å². The average molecular weight is 543 g/mol. The average Bonchev–Trinajstić information content (AvgIpc) is 3.57. The van der Waals surface area contributed by atoms with Crippen molar-refractivity contribution >= 4 is 25.7 Å². The van der Waals surface area contributed by atoms with Crippen LogP contribution in [0.2, 0.25) is 0 Å². The lowest BCUT2D eigenvalue weighted by Crippen LogP contribution is -2.17. The van der Waals surface area contributed by atoms with Crippen LogP contribution >= 0.6 is 0 Å². The van der Waals surface area contributed by atoms with Crippen LogP contribution in [-0.4, -0.2) is 38.7 Å². The molecule has 36 heavy (non-hydrogen) atoms. The van der Waals surface area contributed by atoms with E-state index in [0.717, 1.165) is 16.3 Å². The highest BCUT2D eigenvalue weighted by Crippen LogP contribution is 2.44. The Labute approximate surface area is 205 Å². The number of alkyl halides is 3. The number of halogens is 3. The van der Waals surface area contributed by atoms with Crippen molar-refractivity contribution in [3.05, 3.63) is 70.4 Å². The van der Waals surface area contributed by atoms with Gasteiger partial charge in [0.2, 0.25) is 11.7 Å². The highest BCUT2D eigenvalue weighted by molar-refractivity contribution is 7.90. The van der Waals surface area contributed by atoms with Gasteiger partial charge in [-0.2, -0.15) is 26.7 Å². The third-order valence-corrected chi connectivity index (χ3v) is 8.03. The summed E-state index contributed by atoms with van der Waals surface area (Å²) in [4.78, 5) is 12.6. The number of nitrogens with zero attached hydrogens (tertiary/aromatic N) is 2. The lowest BCUT2D eigenvalue weighted by atomic mass is 10.00. The van der Waals surface area contributed by atoms with Crippen LogP contribution in [0.25, 0.3) is 0 Å². The van der Waals surface area contributed by atoms with E-state index in [4.69, 9.17) is 4.18 Å². The molecule has 1 aliphatic rings. The molecule has 4 rings (SSSR count). The third kappa shape index (κ3) is 5.03. The maximum atomic E-state index is 13.7. The van der Waals surface area contributed by atoms with Crippen LogP contribution < -0.4 is 4.18 Å². The molecule has 1 fully saturated rings. The van der Waals surface area contributed by atoms with E-state index in [-0.39, 0.29) is 22.1 Å². The van der Waals surface area contributed by atoms with E-state index in [1.165, 1.54) is 19.2 Å². The number of carbonyl (C=O) groups excluding carboxylic acids is 1. The fourth-order valence-electron chi connectivity index (χ4n) is 3.66. The van der Waals surface area contributed by atoms with Crippen LogP contribution in [0.1, 0.15) is 51.5 Å². The summed E-state index contributed by atoms with van der Waals surface area (Å²) < 4.78 is 96.8. The fraction of sp³-hybridized carbons (Fsp3) is 0.304. The Kier molecular flexibility index (Phi) is 6.28. The summed E-state index contributed by atoms with van der Waals surface area (Å²) in [5, 5.41) is 4.24. The monoisotopic (exact) mass is 542 g/mol. The van der Waals surface area contributed by atoms with Crippen LogP contribution in [0, 0.1) is 6.92 Å². The molecular weight excluding hydrogens is 521 g/mol. The number of hydrogen-bond acceptors (Lipinski definition) is 7. The maximum absolute atomic E-state index is 13.7. The molecule has 0 saturated heterocycles. The normalized spacial score (nSPS) is 14.6. The molecule has 0 spiro atoms. The molecule has 0 unspecified atom stereocenters. The van der Waals surface area contributed by atoms with Gasteiger partial charge in [0.05, 0.1) is 16.2 Å². The second kappa shape index (κ2) is 8.73. The van der Waals surface area contributed by atoms with Crippen LogP contribution in [-0.2, 0) is 33.2 Å². The lowest BCUT2D eigenvalue weighted by molar-refractivity contribution is -0.137. The molecule has 2 aromatic carbocycles. The van der Waals surface area contributed by atoms with Crippen molar-refractivity contribution in [3.8, 4) is 5.88 Å². The van der Waals surface area contributed by atoms with Crippen molar-refractivity contribution in [3.63, 3.8) is 0 Å². The van der Waals surface area contributed by atoms with Crippen LogP contribution in [0.3, 0.4) is 0 Å². The number of hydrogen-bond donors (Lipinski definition) is 0. The summed E-state index contributed by atoms with van der Waals surface area (Å²) in [5.41, 5.74) is -1.10. The topological polar surface area (TPSA) is 112 Å². The van der Waals surface area contributed by atoms with E-state index in [2.05, 4.69) is 5.10 Å². The van der Waals surface area contributed by atoms with Crippen molar-refractivity contribution in [2.45, 2.75) is 41.7 Å². The summed E-state index contributed by atoms with van der Waals surface area (Å²) in [6.45, 7) is 1.76. The van der Waals surface area contributed by atoms with E-state index >= 15 is 0 Å². The molecule has 8 nitrogen and oxygen atoms in total. The van der Waals surface area contributed by atoms with Gasteiger partial charge >= 0.3 is 16.3 Å². The van der Waals surface area contributed by atoms with Crippen molar-refractivity contribution in [2.75, 3.05) is 6.26 Å². The first-order valence-electron chi connectivity index (χ1n) is 10.6. The molecule has 0 aliphatic heterocycles. The molecule has 1 saturated carbocycles. The number of carbonyl (C=O) groups is 1. The smallest absolute Gasteiger partial charge is 0.358 e. The van der Waals surface area contributed by atoms with Gasteiger partial charge in [-0.3, -0.25) is 4.79 Å². The van der Waals surface area contributed by atoms with Crippen LogP contribution in [0.15, 0.2) is 52.3 Å². The Morgan fingerprint density at radius 2 is 1.67 bits per heavy atom. The molecular formula is C23H21F3N2O6S2.